The minimum absolute atomic E-state index is 0.186. The van der Waals surface area contributed by atoms with Gasteiger partial charge < -0.3 is 25.4 Å². The van der Waals surface area contributed by atoms with Crippen LogP contribution in [0.3, 0.4) is 0 Å². The summed E-state index contributed by atoms with van der Waals surface area (Å²) < 4.78 is 7.27. The fraction of sp³-hybridized carbons (Fsp3) is 0.550. The van der Waals surface area contributed by atoms with E-state index in [4.69, 9.17) is 4.74 Å². The Kier molecular flexibility index (Phi) is 7.53. The Hall–Kier alpha value is -3.05. The van der Waals surface area contributed by atoms with Gasteiger partial charge in [0.2, 0.25) is 11.8 Å². The smallest absolute Gasteiger partial charge is 0.341 e. The molecule has 3 rings (SSSR count). The number of likely N-dealkylation sites (tertiary alicyclic amines) is 1. The maximum Gasteiger partial charge on any atom is 0.341 e. The van der Waals surface area contributed by atoms with Crippen LogP contribution in [0.4, 0.5) is 0 Å². The maximum absolute atomic E-state index is 13.2. The Morgan fingerprint density at radius 2 is 2.03 bits per heavy atom. The molecule has 31 heavy (non-hydrogen) atoms. The second-order valence-electron chi connectivity index (χ2n) is 7.62. The highest BCUT2D eigenvalue weighted by molar-refractivity contribution is 5.90. The maximum atomic E-state index is 13.2. The number of benzene rings is 1. The number of rotatable bonds is 9. The molecule has 1 aromatic carbocycles. The molecule has 3 N–H and O–H groups in total. The third kappa shape index (κ3) is 5.56. The second-order valence-corrected chi connectivity index (χ2v) is 7.62. The number of carbonyl (C=O) groups excluding carboxylic acids is 2. The summed E-state index contributed by atoms with van der Waals surface area (Å²) in [6, 6.07) is 7.70. The molecule has 0 radical (unpaired) electrons. The van der Waals surface area contributed by atoms with Gasteiger partial charge in [-0.2, -0.15) is 4.68 Å². The average molecular weight is 431 g/mol. The van der Waals surface area contributed by atoms with Crippen molar-refractivity contribution in [3.63, 3.8) is 0 Å². The molecule has 0 spiro atoms. The summed E-state index contributed by atoms with van der Waals surface area (Å²) in [6.07, 6.45) is 0.525. The molecule has 168 valence electrons. The topological polar surface area (TPSA) is 134 Å². The number of ether oxygens (including phenoxy) is 1. The van der Waals surface area contributed by atoms with Gasteiger partial charge in [-0.1, -0.05) is 23.3 Å². The fourth-order valence-electron chi connectivity index (χ4n) is 3.47. The van der Waals surface area contributed by atoms with Crippen LogP contribution in [0.25, 0.3) is 0 Å². The van der Waals surface area contributed by atoms with Crippen molar-refractivity contribution in [1.82, 2.24) is 35.7 Å². The first kappa shape index (κ1) is 22.6. The number of aliphatic hydroxyl groups is 1. The molecule has 1 aliphatic rings. The van der Waals surface area contributed by atoms with Crippen molar-refractivity contribution >= 4 is 11.8 Å². The van der Waals surface area contributed by atoms with Crippen molar-refractivity contribution in [2.75, 3.05) is 13.6 Å². The highest BCUT2D eigenvalue weighted by atomic mass is 16.5. The Balaban J connectivity index is 1.70. The molecular weight excluding hydrogens is 402 g/mol. The monoisotopic (exact) mass is 431 g/mol. The van der Waals surface area contributed by atoms with Crippen molar-refractivity contribution < 1.29 is 19.4 Å². The highest BCUT2D eigenvalue weighted by Crippen LogP contribution is 2.23. The lowest BCUT2D eigenvalue weighted by molar-refractivity contribution is -0.140. The summed E-state index contributed by atoms with van der Waals surface area (Å²) in [5.41, 5.74) is 0. The van der Waals surface area contributed by atoms with E-state index in [1.807, 2.05) is 18.2 Å². The minimum atomic E-state index is -1.04. The standard InChI is InChI=1S/C20H29N7O4/c1-13(21-3)18(29)22-17(14(2)28)19(30)26-11-7-8-15(26)12-27-20(23-24-25-27)31-16-9-5-4-6-10-16/h4-6,9-10,13-15,17,21,28H,7-8,11-12H2,1-3H3,(H,22,29)/t13?,14-,15?,17+/m1/s1. The van der Waals surface area contributed by atoms with Crippen molar-refractivity contribution in [3.05, 3.63) is 30.3 Å². The predicted octanol–water partition coefficient (Wildman–Crippen LogP) is -0.0701. The lowest BCUT2D eigenvalue weighted by atomic mass is 10.1. The quantitative estimate of drug-likeness (QED) is 0.502. The Morgan fingerprint density at radius 3 is 2.71 bits per heavy atom. The van der Waals surface area contributed by atoms with E-state index in [0.29, 0.717) is 18.8 Å². The molecule has 0 aliphatic carbocycles. The molecule has 2 heterocycles. The highest BCUT2D eigenvalue weighted by Gasteiger charge is 2.37. The van der Waals surface area contributed by atoms with Gasteiger partial charge in [0.25, 0.3) is 0 Å². The largest absolute Gasteiger partial charge is 0.423 e. The molecule has 1 saturated heterocycles. The Bertz CT molecular complexity index is 873. The van der Waals surface area contributed by atoms with Crippen LogP contribution in [-0.4, -0.2) is 79.8 Å². The number of nitrogens with zero attached hydrogens (tertiary/aromatic N) is 5. The van der Waals surface area contributed by atoms with E-state index >= 15 is 0 Å². The van der Waals surface area contributed by atoms with Crippen LogP contribution in [0.1, 0.15) is 26.7 Å². The molecular formula is C20H29N7O4. The lowest BCUT2D eigenvalue weighted by Crippen LogP contribution is -2.57. The molecule has 4 atom stereocenters. The van der Waals surface area contributed by atoms with Crippen LogP contribution in [0.5, 0.6) is 11.8 Å². The van der Waals surface area contributed by atoms with Crippen LogP contribution < -0.4 is 15.4 Å². The Morgan fingerprint density at radius 1 is 1.29 bits per heavy atom. The number of aliphatic hydroxyl groups excluding tert-OH is 1. The van der Waals surface area contributed by atoms with E-state index in [-0.39, 0.29) is 23.9 Å². The number of carbonyl (C=O) groups is 2. The van der Waals surface area contributed by atoms with Crippen LogP contribution >= 0.6 is 0 Å². The van der Waals surface area contributed by atoms with Crippen molar-refractivity contribution in [3.8, 4) is 11.8 Å². The van der Waals surface area contributed by atoms with Gasteiger partial charge >= 0.3 is 6.01 Å². The van der Waals surface area contributed by atoms with Gasteiger partial charge in [0, 0.05) is 6.54 Å². The third-order valence-electron chi connectivity index (χ3n) is 5.37. The van der Waals surface area contributed by atoms with E-state index in [1.165, 1.54) is 11.6 Å². The number of para-hydroxylation sites is 1. The number of hydrogen-bond acceptors (Lipinski definition) is 8. The first-order valence-electron chi connectivity index (χ1n) is 10.4. The van der Waals surface area contributed by atoms with Crippen molar-refractivity contribution in [2.45, 2.75) is 57.5 Å². The van der Waals surface area contributed by atoms with Gasteiger partial charge in [0.15, 0.2) is 0 Å². The second kappa shape index (κ2) is 10.3. The first-order valence-corrected chi connectivity index (χ1v) is 10.4. The zero-order valence-electron chi connectivity index (χ0n) is 17.9. The number of amides is 2. The number of aromatic nitrogens is 4. The van der Waals surface area contributed by atoms with Gasteiger partial charge in [0.1, 0.15) is 11.8 Å². The van der Waals surface area contributed by atoms with Gasteiger partial charge in [-0.3, -0.25) is 9.59 Å². The van der Waals surface area contributed by atoms with Crippen LogP contribution in [0.15, 0.2) is 30.3 Å². The third-order valence-corrected chi connectivity index (χ3v) is 5.37. The molecule has 1 aliphatic heterocycles. The molecule has 1 aromatic heterocycles. The molecule has 11 heteroatoms. The number of likely N-dealkylation sites (N-methyl/N-ethyl adjacent to an activating group) is 1. The predicted molar refractivity (Wildman–Crippen MR) is 111 cm³/mol. The van der Waals surface area contributed by atoms with Crippen molar-refractivity contribution in [2.24, 2.45) is 0 Å². The minimum Gasteiger partial charge on any atom is -0.423 e. The Labute approximate surface area is 180 Å². The molecule has 2 amide bonds. The van der Waals surface area contributed by atoms with Crippen LogP contribution in [0.2, 0.25) is 0 Å². The molecule has 1 fully saturated rings. The van der Waals surface area contributed by atoms with Gasteiger partial charge in [-0.25, -0.2) is 0 Å². The summed E-state index contributed by atoms with van der Waals surface area (Å²) in [7, 11) is 1.65. The van der Waals surface area contributed by atoms with E-state index in [9.17, 15) is 14.7 Å². The SMILES string of the molecule is CNC(C)C(=O)N[C@H](C(=O)N1CCCC1Cn1nnnc1Oc1ccccc1)[C@@H](C)O. The van der Waals surface area contributed by atoms with Gasteiger partial charge in [-0.15, -0.1) is 0 Å². The summed E-state index contributed by atoms with van der Waals surface area (Å²) in [5, 5.41) is 27.3. The lowest BCUT2D eigenvalue weighted by Gasteiger charge is -2.31. The van der Waals surface area contributed by atoms with Crippen molar-refractivity contribution in [1.29, 1.82) is 0 Å². The number of nitrogens with one attached hydrogen (secondary N) is 2. The summed E-state index contributed by atoms with van der Waals surface area (Å²) >= 11 is 0. The zero-order valence-corrected chi connectivity index (χ0v) is 17.9. The van der Waals surface area contributed by atoms with Crippen LogP contribution in [-0.2, 0) is 16.1 Å². The average Bonchev–Trinajstić information content (AvgIpc) is 3.41. The summed E-state index contributed by atoms with van der Waals surface area (Å²) in [6.45, 7) is 4.05. The molecule has 0 bridgehead atoms. The summed E-state index contributed by atoms with van der Waals surface area (Å²) in [4.78, 5) is 27.1. The number of hydrogen-bond donors (Lipinski definition) is 3. The first-order chi connectivity index (χ1) is 14.9. The van der Waals surface area contributed by atoms with E-state index < -0.39 is 18.2 Å². The molecule has 0 saturated carbocycles. The number of tetrazole rings is 1. The fourth-order valence-corrected chi connectivity index (χ4v) is 3.47. The normalized spacial score (nSPS) is 19.0. The summed E-state index contributed by atoms with van der Waals surface area (Å²) in [5.74, 6) is -0.0716. The van der Waals surface area contributed by atoms with E-state index in [1.54, 1.807) is 31.0 Å². The van der Waals surface area contributed by atoms with E-state index in [0.717, 1.165) is 12.8 Å². The van der Waals surface area contributed by atoms with E-state index in [2.05, 4.69) is 26.2 Å². The van der Waals surface area contributed by atoms with Crippen LogP contribution in [0, 0.1) is 0 Å². The molecule has 2 unspecified atom stereocenters. The van der Waals surface area contributed by atoms with Gasteiger partial charge in [0.05, 0.1) is 24.7 Å². The zero-order chi connectivity index (χ0) is 22.4. The molecule has 11 nitrogen and oxygen atoms in total. The molecule has 2 aromatic rings. The van der Waals surface area contributed by atoms with Gasteiger partial charge in [-0.05, 0) is 56.3 Å².